The lowest BCUT2D eigenvalue weighted by Crippen LogP contribution is -2.41. The van der Waals surface area contributed by atoms with Gasteiger partial charge in [0.15, 0.2) is 0 Å². The maximum atomic E-state index is 12.9. The summed E-state index contributed by atoms with van der Waals surface area (Å²) in [5.74, 6) is -0.292. The third kappa shape index (κ3) is 2.56. The van der Waals surface area contributed by atoms with Crippen molar-refractivity contribution in [2.45, 2.75) is 19.4 Å². The summed E-state index contributed by atoms with van der Waals surface area (Å²) < 4.78 is 1.58. The number of carbonyl (C=O) groups is 1. The molecule has 2 heterocycles. The van der Waals surface area contributed by atoms with Crippen molar-refractivity contribution in [2.75, 3.05) is 0 Å². The molecule has 1 amide bonds. The number of nitrogens with one attached hydrogen (secondary N) is 2. The van der Waals surface area contributed by atoms with Crippen molar-refractivity contribution in [1.29, 1.82) is 0 Å². The highest BCUT2D eigenvalue weighted by atomic mass is 16.2. The van der Waals surface area contributed by atoms with Crippen LogP contribution in [0, 0.1) is 0 Å². The van der Waals surface area contributed by atoms with E-state index in [1.807, 2.05) is 50.2 Å². The molecule has 2 N–H and O–H groups in total. The number of carbonyl (C=O) groups excluding carboxylic acids is 1. The first kappa shape index (κ1) is 16.1. The van der Waals surface area contributed by atoms with Crippen molar-refractivity contribution < 1.29 is 4.79 Å². The fraction of sp³-hybridized carbons (Fsp3) is 0.150. The van der Waals surface area contributed by atoms with Gasteiger partial charge in [0.25, 0.3) is 11.5 Å². The quantitative estimate of drug-likeness (QED) is 0.599. The number of amides is 1. The van der Waals surface area contributed by atoms with Crippen LogP contribution in [0.3, 0.4) is 0 Å². The van der Waals surface area contributed by atoms with E-state index in [4.69, 9.17) is 0 Å². The summed E-state index contributed by atoms with van der Waals surface area (Å²) in [6.07, 6.45) is 1.48. The normalized spacial score (nSPS) is 11.8. The van der Waals surface area contributed by atoms with E-state index in [0.29, 0.717) is 22.1 Å². The Morgan fingerprint density at radius 1 is 1.08 bits per heavy atom. The van der Waals surface area contributed by atoms with Crippen molar-refractivity contribution in [1.82, 2.24) is 19.9 Å². The number of hydrogen-bond acceptors (Lipinski definition) is 3. The molecule has 0 fully saturated rings. The predicted octanol–water partition coefficient (Wildman–Crippen LogP) is 2.84. The second-order valence-electron chi connectivity index (χ2n) is 6.74. The van der Waals surface area contributed by atoms with Gasteiger partial charge >= 0.3 is 0 Å². The number of hydrogen-bond donors (Lipinski definition) is 2. The van der Waals surface area contributed by atoms with Gasteiger partial charge in [-0.2, -0.15) is 5.10 Å². The van der Waals surface area contributed by atoms with Gasteiger partial charge in [-0.1, -0.05) is 42.5 Å². The minimum absolute atomic E-state index is 0.245. The number of aromatic amines is 1. The molecule has 0 aliphatic carbocycles. The van der Waals surface area contributed by atoms with E-state index >= 15 is 0 Å². The highest BCUT2D eigenvalue weighted by molar-refractivity contribution is 6.01. The summed E-state index contributed by atoms with van der Waals surface area (Å²) in [5, 5.41) is 7.85. The van der Waals surface area contributed by atoms with Crippen LogP contribution in [-0.4, -0.2) is 20.5 Å². The molecule has 6 nitrogen and oxygen atoms in total. The molecule has 0 saturated carbocycles. The SMILES string of the molecule is CC(C)(NC(=O)c1cnn2c1[nH]c(=O)c1ccccc12)c1ccccc1. The first-order valence-corrected chi connectivity index (χ1v) is 8.34. The van der Waals surface area contributed by atoms with Crippen LogP contribution >= 0.6 is 0 Å². The Labute approximate surface area is 149 Å². The molecule has 0 radical (unpaired) electrons. The fourth-order valence-electron chi connectivity index (χ4n) is 3.12. The first-order valence-electron chi connectivity index (χ1n) is 8.34. The average Bonchev–Trinajstić information content (AvgIpc) is 3.06. The molecule has 0 saturated heterocycles. The highest BCUT2D eigenvalue weighted by Gasteiger charge is 2.25. The summed E-state index contributed by atoms with van der Waals surface area (Å²) in [7, 11) is 0. The maximum Gasteiger partial charge on any atom is 0.259 e. The standard InChI is InChI=1S/C20H18N4O2/c1-20(2,13-8-4-3-5-9-13)23-19(26)15-12-21-24-16-11-7-6-10-14(16)18(25)22-17(15)24/h3-12H,1-2H3,(H,22,25)(H,23,26). The van der Waals surface area contributed by atoms with Gasteiger partial charge in [-0.3, -0.25) is 9.59 Å². The topological polar surface area (TPSA) is 79.3 Å². The van der Waals surface area contributed by atoms with Crippen LogP contribution in [0.2, 0.25) is 0 Å². The van der Waals surface area contributed by atoms with Crippen LogP contribution < -0.4 is 10.9 Å². The Balaban J connectivity index is 1.78. The van der Waals surface area contributed by atoms with Crippen LogP contribution in [0.25, 0.3) is 16.6 Å². The molecule has 4 aromatic rings. The molecule has 0 bridgehead atoms. The Bertz CT molecular complexity index is 1170. The van der Waals surface area contributed by atoms with Crippen LogP contribution in [0.1, 0.15) is 29.8 Å². The maximum absolute atomic E-state index is 12.9. The molecular weight excluding hydrogens is 328 g/mol. The Morgan fingerprint density at radius 2 is 1.77 bits per heavy atom. The van der Waals surface area contributed by atoms with Gasteiger partial charge in [0.05, 0.1) is 22.6 Å². The molecule has 2 aromatic carbocycles. The van der Waals surface area contributed by atoms with Gasteiger partial charge in [-0.05, 0) is 31.5 Å². The molecule has 26 heavy (non-hydrogen) atoms. The minimum Gasteiger partial charge on any atom is -0.343 e. The van der Waals surface area contributed by atoms with Gasteiger partial charge < -0.3 is 10.3 Å². The number of fused-ring (bicyclic) bond motifs is 3. The first-order chi connectivity index (χ1) is 12.5. The van der Waals surface area contributed by atoms with Gasteiger partial charge in [0.1, 0.15) is 11.2 Å². The zero-order valence-corrected chi connectivity index (χ0v) is 14.5. The highest BCUT2D eigenvalue weighted by Crippen LogP contribution is 2.21. The minimum atomic E-state index is -0.566. The van der Waals surface area contributed by atoms with E-state index in [2.05, 4.69) is 15.4 Å². The third-order valence-corrected chi connectivity index (χ3v) is 4.54. The number of para-hydroxylation sites is 1. The van der Waals surface area contributed by atoms with Crippen LogP contribution in [0.15, 0.2) is 65.6 Å². The molecule has 0 spiro atoms. The smallest absolute Gasteiger partial charge is 0.259 e. The van der Waals surface area contributed by atoms with E-state index in [1.165, 1.54) is 6.20 Å². The van der Waals surface area contributed by atoms with Gasteiger partial charge in [0.2, 0.25) is 0 Å². The van der Waals surface area contributed by atoms with E-state index in [9.17, 15) is 9.59 Å². The lowest BCUT2D eigenvalue weighted by molar-refractivity contribution is 0.0913. The predicted molar refractivity (Wildman–Crippen MR) is 100 cm³/mol. The summed E-state index contributed by atoms with van der Waals surface area (Å²) in [4.78, 5) is 28.0. The number of rotatable bonds is 3. The largest absolute Gasteiger partial charge is 0.343 e. The molecule has 130 valence electrons. The summed E-state index contributed by atoms with van der Waals surface area (Å²) in [6, 6.07) is 16.9. The average molecular weight is 346 g/mol. The monoisotopic (exact) mass is 346 g/mol. The molecule has 0 aliphatic rings. The molecule has 2 aromatic heterocycles. The van der Waals surface area contributed by atoms with Crippen molar-refractivity contribution >= 4 is 22.5 Å². The van der Waals surface area contributed by atoms with Crippen molar-refractivity contribution in [3.05, 3.63) is 82.3 Å². The molecule has 0 aliphatic heterocycles. The lowest BCUT2D eigenvalue weighted by atomic mass is 9.94. The second-order valence-corrected chi connectivity index (χ2v) is 6.74. The number of benzene rings is 2. The summed E-state index contributed by atoms with van der Waals surface area (Å²) in [5.41, 5.74) is 1.55. The van der Waals surface area contributed by atoms with Crippen LogP contribution in [-0.2, 0) is 5.54 Å². The van der Waals surface area contributed by atoms with Gasteiger partial charge in [0, 0.05) is 0 Å². The Kier molecular flexibility index (Phi) is 3.61. The lowest BCUT2D eigenvalue weighted by Gasteiger charge is -2.26. The number of H-pyrrole nitrogens is 1. The van der Waals surface area contributed by atoms with Gasteiger partial charge in [-0.15, -0.1) is 0 Å². The molecule has 4 rings (SSSR count). The Morgan fingerprint density at radius 3 is 2.54 bits per heavy atom. The molecule has 0 atom stereocenters. The summed E-state index contributed by atoms with van der Waals surface area (Å²) in [6.45, 7) is 3.87. The Hall–Kier alpha value is -3.41. The number of aromatic nitrogens is 3. The van der Waals surface area contributed by atoms with E-state index in [0.717, 1.165) is 5.56 Å². The molecular formula is C20H18N4O2. The second kappa shape index (κ2) is 5.84. The van der Waals surface area contributed by atoms with Crippen LogP contribution in [0.5, 0.6) is 0 Å². The van der Waals surface area contributed by atoms with E-state index < -0.39 is 5.54 Å². The van der Waals surface area contributed by atoms with E-state index in [-0.39, 0.29) is 11.5 Å². The van der Waals surface area contributed by atoms with Gasteiger partial charge in [-0.25, -0.2) is 4.52 Å². The van der Waals surface area contributed by atoms with Crippen molar-refractivity contribution in [3.8, 4) is 0 Å². The zero-order chi connectivity index (χ0) is 18.3. The van der Waals surface area contributed by atoms with Crippen molar-refractivity contribution in [3.63, 3.8) is 0 Å². The zero-order valence-electron chi connectivity index (χ0n) is 14.5. The van der Waals surface area contributed by atoms with Crippen molar-refractivity contribution in [2.24, 2.45) is 0 Å². The van der Waals surface area contributed by atoms with Crippen LogP contribution in [0.4, 0.5) is 0 Å². The fourth-order valence-corrected chi connectivity index (χ4v) is 3.12. The van der Waals surface area contributed by atoms with E-state index in [1.54, 1.807) is 22.7 Å². The molecule has 0 unspecified atom stereocenters. The molecule has 6 heteroatoms. The third-order valence-electron chi connectivity index (χ3n) is 4.54. The summed E-state index contributed by atoms with van der Waals surface area (Å²) >= 11 is 0. The number of nitrogens with zero attached hydrogens (tertiary/aromatic N) is 2.